The molecule has 2 rings (SSSR count). The zero-order valence-corrected chi connectivity index (χ0v) is 17.4. The van der Waals surface area contributed by atoms with E-state index in [1.54, 1.807) is 31.3 Å². The van der Waals surface area contributed by atoms with E-state index in [4.69, 9.17) is 34.8 Å². The first-order chi connectivity index (χ1) is 12.9. The largest absolute Gasteiger partial charge is 0.357 e. The van der Waals surface area contributed by atoms with E-state index in [1.165, 1.54) is 4.90 Å². The van der Waals surface area contributed by atoms with E-state index in [2.05, 4.69) is 5.32 Å². The van der Waals surface area contributed by atoms with E-state index >= 15 is 0 Å². The van der Waals surface area contributed by atoms with Crippen LogP contribution in [-0.2, 0) is 22.6 Å². The summed E-state index contributed by atoms with van der Waals surface area (Å²) in [5.74, 6) is -0.483. The van der Waals surface area contributed by atoms with Gasteiger partial charge in [0.05, 0.1) is 6.42 Å². The maximum absolute atomic E-state index is 13.1. The molecule has 144 valence electrons. The molecule has 2 aromatic carbocycles. The van der Waals surface area contributed by atoms with E-state index in [9.17, 15) is 9.59 Å². The Balaban J connectivity index is 2.37. The lowest BCUT2D eigenvalue weighted by atomic mass is 10.1. The molecule has 0 aliphatic rings. The predicted molar refractivity (Wildman–Crippen MR) is 110 cm³/mol. The zero-order chi connectivity index (χ0) is 20.0. The molecule has 0 aliphatic heterocycles. The van der Waals surface area contributed by atoms with Crippen LogP contribution in [0, 0.1) is 0 Å². The highest BCUT2D eigenvalue weighted by Crippen LogP contribution is 2.26. The fourth-order valence-electron chi connectivity index (χ4n) is 2.85. The number of amides is 2. The van der Waals surface area contributed by atoms with Crippen molar-refractivity contribution in [1.29, 1.82) is 0 Å². The Morgan fingerprint density at radius 1 is 1.00 bits per heavy atom. The smallest absolute Gasteiger partial charge is 0.242 e. The number of hydrogen-bond donors (Lipinski definition) is 1. The maximum Gasteiger partial charge on any atom is 0.242 e. The molecule has 0 bridgehead atoms. The number of rotatable bonds is 7. The highest BCUT2D eigenvalue weighted by atomic mass is 35.5. The number of carbonyl (C=O) groups is 2. The SMILES string of the molecule is CCC(C(=O)NC)N(Cc1ccccc1Cl)C(=O)Cc1c(Cl)cccc1Cl. The quantitative estimate of drug-likeness (QED) is 0.693. The first kappa shape index (κ1) is 21.5. The molecule has 4 nitrogen and oxygen atoms in total. The molecule has 0 spiro atoms. The van der Waals surface area contributed by atoms with Crippen LogP contribution in [0.2, 0.25) is 15.1 Å². The van der Waals surface area contributed by atoms with Gasteiger partial charge < -0.3 is 10.2 Å². The predicted octanol–water partition coefficient (Wildman–Crippen LogP) is 4.74. The van der Waals surface area contributed by atoms with Gasteiger partial charge in [-0.05, 0) is 35.7 Å². The standard InChI is InChI=1S/C20H21Cl3N2O2/c1-3-18(20(27)24-2)25(12-13-7-4-5-8-15(13)21)19(26)11-14-16(22)9-6-10-17(14)23/h4-10,18H,3,11-12H2,1-2H3,(H,24,27). The van der Waals surface area contributed by atoms with Crippen molar-refractivity contribution < 1.29 is 9.59 Å². The molecular weight excluding hydrogens is 407 g/mol. The van der Waals surface area contributed by atoms with Crippen LogP contribution < -0.4 is 5.32 Å². The van der Waals surface area contributed by atoms with Gasteiger partial charge in [-0.15, -0.1) is 0 Å². The lowest BCUT2D eigenvalue weighted by molar-refractivity contribution is -0.140. The van der Waals surface area contributed by atoms with Gasteiger partial charge in [-0.25, -0.2) is 0 Å². The normalized spacial score (nSPS) is 11.7. The van der Waals surface area contributed by atoms with Crippen LogP contribution in [0.25, 0.3) is 0 Å². The Morgan fingerprint density at radius 3 is 2.15 bits per heavy atom. The molecule has 0 heterocycles. The third-order valence-corrected chi connectivity index (χ3v) is 5.40. The number of halogens is 3. The third-order valence-electron chi connectivity index (χ3n) is 4.32. The molecule has 0 fully saturated rings. The molecule has 0 radical (unpaired) electrons. The van der Waals surface area contributed by atoms with Gasteiger partial charge in [0.2, 0.25) is 11.8 Å². The van der Waals surface area contributed by atoms with Crippen molar-refractivity contribution >= 4 is 46.6 Å². The zero-order valence-electron chi connectivity index (χ0n) is 15.1. The van der Waals surface area contributed by atoms with E-state index < -0.39 is 6.04 Å². The minimum Gasteiger partial charge on any atom is -0.357 e. The Hall–Kier alpha value is -1.75. The van der Waals surface area contributed by atoms with Crippen molar-refractivity contribution in [1.82, 2.24) is 10.2 Å². The van der Waals surface area contributed by atoms with Gasteiger partial charge in [0.25, 0.3) is 0 Å². The van der Waals surface area contributed by atoms with Crippen LogP contribution in [0.3, 0.4) is 0 Å². The van der Waals surface area contributed by atoms with Crippen LogP contribution in [0.15, 0.2) is 42.5 Å². The summed E-state index contributed by atoms with van der Waals surface area (Å²) in [5, 5.41) is 4.00. The van der Waals surface area contributed by atoms with E-state index in [0.717, 1.165) is 5.56 Å². The number of nitrogens with zero attached hydrogens (tertiary/aromatic N) is 1. The number of carbonyl (C=O) groups excluding carboxylic acids is 2. The summed E-state index contributed by atoms with van der Waals surface area (Å²) >= 11 is 18.7. The topological polar surface area (TPSA) is 49.4 Å². The van der Waals surface area contributed by atoms with Crippen LogP contribution in [0.1, 0.15) is 24.5 Å². The van der Waals surface area contributed by atoms with Crippen molar-refractivity contribution in [3.8, 4) is 0 Å². The van der Waals surface area contributed by atoms with E-state index in [-0.39, 0.29) is 24.8 Å². The van der Waals surface area contributed by atoms with Gasteiger partial charge in [0.15, 0.2) is 0 Å². The molecule has 1 unspecified atom stereocenters. The lowest BCUT2D eigenvalue weighted by Gasteiger charge is -2.30. The van der Waals surface area contributed by atoms with Gasteiger partial charge in [0.1, 0.15) is 6.04 Å². The summed E-state index contributed by atoms with van der Waals surface area (Å²) in [7, 11) is 1.55. The van der Waals surface area contributed by atoms with Crippen molar-refractivity contribution in [2.45, 2.75) is 32.4 Å². The first-order valence-corrected chi connectivity index (χ1v) is 9.69. The summed E-state index contributed by atoms with van der Waals surface area (Å²) < 4.78 is 0. The van der Waals surface area contributed by atoms with Gasteiger partial charge in [-0.3, -0.25) is 9.59 Å². The molecular formula is C20H21Cl3N2O2. The minimum atomic E-state index is -0.625. The number of hydrogen-bond acceptors (Lipinski definition) is 2. The molecule has 0 saturated heterocycles. The average Bonchev–Trinajstić information content (AvgIpc) is 2.65. The molecule has 27 heavy (non-hydrogen) atoms. The maximum atomic E-state index is 13.1. The minimum absolute atomic E-state index is 0.00352. The average molecular weight is 428 g/mol. The van der Waals surface area contributed by atoms with Crippen molar-refractivity contribution in [3.63, 3.8) is 0 Å². The van der Waals surface area contributed by atoms with Gasteiger partial charge in [-0.1, -0.05) is 66.0 Å². The Kier molecular flexibility index (Phi) is 7.96. The third kappa shape index (κ3) is 5.38. The molecule has 0 aliphatic carbocycles. The van der Waals surface area contributed by atoms with Crippen LogP contribution >= 0.6 is 34.8 Å². The molecule has 0 aromatic heterocycles. The molecule has 1 atom stereocenters. The second kappa shape index (κ2) is 9.98. The van der Waals surface area contributed by atoms with E-state index in [0.29, 0.717) is 27.1 Å². The van der Waals surface area contributed by atoms with Crippen LogP contribution in [-0.4, -0.2) is 29.8 Å². The first-order valence-electron chi connectivity index (χ1n) is 8.56. The van der Waals surface area contributed by atoms with E-state index in [1.807, 2.05) is 25.1 Å². The van der Waals surface area contributed by atoms with Crippen LogP contribution in [0.4, 0.5) is 0 Å². The van der Waals surface area contributed by atoms with Crippen molar-refractivity contribution in [2.24, 2.45) is 0 Å². The summed E-state index contributed by atoms with van der Waals surface area (Å²) in [4.78, 5) is 27.0. The summed E-state index contributed by atoms with van der Waals surface area (Å²) in [5.41, 5.74) is 1.31. The molecule has 7 heteroatoms. The summed E-state index contributed by atoms with van der Waals surface area (Å²) in [6, 6.07) is 11.7. The fraction of sp³-hybridized carbons (Fsp3) is 0.300. The Labute approximate surface area is 174 Å². The summed E-state index contributed by atoms with van der Waals surface area (Å²) in [6.07, 6.45) is 0.461. The van der Waals surface area contributed by atoms with Crippen LogP contribution in [0.5, 0.6) is 0 Å². The highest BCUT2D eigenvalue weighted by molar-refractivity contribution is 6.36. The molecule has 2 amide bonds. The van der Waals surface area contributed by atoms with Gasteiger partial charge >= 0.3 is 0 Å². The molecule has 1 N–H and O–H groups in total. The Morgan fingerprint density at radius 2 is 1.59 bits per heavy atom. The second-order valence-electron chi connectivity index (χ2n) is 6.03. The van der Waals surface area contributed by atoms with Crippen molar-refractivity contribution in [3.05, 3.63) is 68.7 Å². The lowest BCUT2D eigenvalue weighted by Crippen LogP contribution is -2.48. The highest BCUT2D eigenvalue weighted by Gasteiger charge is 2.29. The number of likely N-dealkylation sites (N-methyl/N-ethyl adjacent to an activating group) is 1. The molecule has 0 saturated carbocycles. The second-order valence-corrected chi connectivity index (χ2v) is 7.25. The molecule has 2 aromatic rings. The number of nitrogens with one attached hydrogen (secondary N) is 1. The number of benzene rings is 2. The fourth-order valence-corrected chi connectivity index (χ4v) is 3.58. The monoisotopic (exact) mass is 426 g/mol. The van der Waals surface area contributed by atoms with Gasteiger partial charge in [0, 0.05) is 28.7 Å². The van der Waals surface area contributed by atoms with Gasteiger partial charge in [-0.2, -0.15) is 0 Å². The Bertz CT molecular complexity index is 806. The van der Waals surface area contributed by atoms with Crippen molar-refractivity contribution in [2.75, 3.05) is 7.05 Å². The summed E-state index contributed by atoms with van der Waals surface area (Å²) in [6.45, 7) is 2.07.